The van der Waals surface area contributed by atoms with Crippen molar-refractivity contribution >= 4 is 17.6 Å². The SMILES string of the molecule is O=NN(CCCl)C(=O)N[C@H]1C[C@H](n2cc(F)c(=O)[nH]c2=O)O[C@@H]1CO. The molecule has 0 aromatic carbocycles. The average molecular weight is 380 g/mol. The van der Waals surface area contributed by atoms with Crippen LogP contribution in [0.15, 0.2) is 21.1 Å². The van der Waals surface area contributed by atoms with Gasteiger partial charge in [-0.3, -0.25) is 14.3 Å². The lowest BCUT2D eigenvalue weighted by molar-refractivity contribution is -0.0290. The molecule has 2 amide bonds. The van der Waals surface area contributed by atoms with Gasteiger partial charge in [0.15, 0.2) is 0 Å². The van der Waals surface area contributed by atoms with Gasteiger partial charge in [0, 0.05) is 12.3 Å². The maximum absolute atomic E-state index is 13.4. The minimum atomic E-state index is -1.19. The maximum Gasteiger partial charge on any atom is 0.340 e. The zero-order chi connectivity index (χ0) is 18.6. The second-order valence-corrected chi connectivity index (χ2v) is 5.52. The van der Waals surface area contributed by atoms with Crippen molar-refractivity contribution in [3.8, 4) is 0 Å². The Morgan fingerprint density at radius 1 is 1.60 bits per heavy atom. The Hall–Kier alpha value is -2.31. The predicted octanol–water partition coefficient (Wildman–Crippen LogP) is -0.744. The normalized spacial score (nSPS) is 22.6. The molecule has 13 heteroatoms. The largest absolute Gasteiger partial charge is 0.394 e. The van der Waals surface area contributed by atoms with Crippen LogP contribution in [0.2, 0.25) is 0 Å². The van der Waals surface area contributed by atoms with Gasteiger partial charge in [-0.15, -0.1) is 16.5 Å². The fourth-order valence-electron chi connectivity index (χ4n) is 2.39. The van der Waals surface area contributed by atoms with Crippen LogP contribution in [0.25, 0.3) is 0 Å². The number of amides is 2. The number of nitrogens with zero attached hydrogens (tertiary/aromatic N) is 3. The number of halogens is 2. The standard InChI is InChI=1S/C12H15ClFN5O6/c13-1-2-19(17-24)12(23)15-7-3-9(25-8(7)5-20)18-4-6(14)10(21)16-11(18)22/h4,7-9,20H,1-3,5H2,(H,15,23)(H,16,21,22)/t7-,8+,9+/m0/s1. The van der Waals surface area contributed by atoms with E-state index in [1.54, 1.807) is 4.98 Å². The summed E-state index contributed by atoms with van der Waals surface area (Å²) in [6.07, 6.45) is -1.29. The summed E-state index contributed by atoms with van der Waals surface area (Å²) in [4.78, 5) is 47.2. The number of hydrogen-bond acceptors (Lipinski definition) is 7. The van der Waals surface area contributed by atoms with Gasteiger partial charge in [0.05, 0.1) is 30.7 Å². The topological polar surface area (TPSA) is 146 Å². The molecule has 3 atom stereocenters. The molecule has 0 unspecified atom stereocenters. The number of aromatic amines is 1. The number of carbonyl (C=O) groups is 1. The van der Waals surface area contributed by atoms with Crippen molar-refractivity contribution < 1.29 is 19.0 Å². The summed E-state index contributed by atoms with van der Waals surface area (Å²) < 4.78 is 19.6. The van der Waals surface area contributed by atoms with Crippen LogP contribution in [0.3, 0.4) is 0 Å². The number of aliphatic hydroxyl groups excluding tert-OH is 1. The summed E-state index contributed by atoms with van der Waals surface area (Å²) >= 11 is 5.45. The smallest absolute Gasteiger partial charge is 0.340 e. The second kappa shape index (κ2) is 8.18. The number of nitroso groups, excluding NO2 is 1. The molecule has 11 nitrogen and oxygen atoms in total. The molecule has 1 aliphatic heterocycles. The summed E-state index contributed by atoms with van der Waals surface area (Å²) in [5.74, 6) is -1.20. The average Bonchev–Trinajstić information content (AvgIpc) is 2.98. The Labute approximate surface area is 144 Å². The molecule has 3 N–H and O–H groups in total. The highest BCUT2D eigenvalue weighted by Gasteiger charge is 2.38. The molecule has 1 aliphatic rings. The summed E-state index contributed by atoms with van der Waals surface area (Å²) in [7, 11) is 0. The molecule has 2 rings (SSSR count). The highest BCUT2D eigenvalue weighted by molar-refractivity contribution is 6.18. The molecule has 2 heterocycles. The van der Waals surface area contributed by atoms with Crippen molar-refractivity contribution in [1.82, 2.24) is 19.9 Å². The number of hydrogen-bond donors (Lipinski definition) is 3. The van der Waals surface area contributed by atoms with Gasteiger partial charge in [-0.25, -0.2) is 9.59 Å². The van der Waals surface area contributed by atoms with Crippen molar-refractivity contribution in [1.29, 1.82) is 0 Å². The van der Waals surface area contributed by atoms with Gasteiger partial charge in [0.2, 0.25) is 5.82 Å². The zero-order valence-electron chi connectivity index (χ0n) is 12.7. The van der Waals surface area contributed by atoms with E-state index in [2.05, 4.69) is 10.6 Å². The number of urea groups is 1. The predicted molar refractivity (Wildman–Crippen MR) is 82.4 cm³/mol. The lowest BCUT2D eigenvalue weighted by Gasteiger charge is -2.20. The maximum atomic E-state index is 13.4. The molecular formula is C12H15ClFN5O6. The first-order chi connectivity index (χ1) is 11.9. The molecule has 1 fully saturated rings. The summed E-state index contributed by atoms with van der Waals surface area (Å²) in [5.41, 5.74) is -2.07. The molecule has 0 spiro atoms. The van der Waals surface area contributed by atoms with Crippen molar-refractivity contribution in [2.45, 2.75) is 24.8 Å². The van der Waals surface area contributed by atoms with Crippen LogP contribution in [0.4, 0.5) is 9.18 Å². The summed E-state index contributed by atoms with van der Waals surface area (Å²) in [6, 6.07) is -1.65. The number of rotatable bonds is 6. The van der Waals surface area contributed by atoms with E-state index in [1.807, 2.05) is 0 Å². The Morgan fingerprint density at radius 3 is 2.92 bits per heavy atom. The Bertz CT molecular complexity index is 754. The van der Waals surface area contributed by atoms with Gasteiger partial charge in [-0.1, -0.05) is 0 Å². The molecule has 1 aromatic heterocycles. The summed E-state index contributed by atoms with van der Waals surface area (Å²) in [6.45, 7) is -0.631. The number of ether oxygens (including phenoxy) is 1. The van der Waals surface area contributed by atoms with E-state index in [0.29, 0.717) is 11.2 Å². The van der Waals surface area contributed by atoms with Gasteiger partial charge < -0.3 is 15.2 Å². The highest BCUT2D eigenvalue weighted by atomic mass is 35.5. The van der Waals surface area contributed by atoms with Crippen LogP contribution in [-0.4, -0.2) is 56.9 Å². The van der Waals surface area contributed by atoms with E-state index in [0.717, 1.165) is 4.57 Å². The van der Waals surface area contributed by atoms with E-state index >= 15 is 0 Å². The highest BCUT2D eigenvalue weighted by Crippen LogP contribution is 2.27. The molecular weight excluding hydrogens is 365 g/mol. The first-order valence-corrected chi connectivity index (χ1v) is 7.69. The fraction of sp³-hybridized carbons (Fsp3) is 0.583. The third-order valence-corrected chi connectivity index (χ3v) is 3.76. The first-order valence-electron chi connectivity index (χ1n) is 7.15. The van der Waals surface area contributed by atoms with E-state index in [1.165, 1.54) is 0 Å². The molecule has 0 bridgehead atoms. The second-order valence-electron chi connectivity index (χ2n) is 5.14. The third-order valence-electron chi connectivity index (χ3n) is 3.59. The molecule has 138 valence electrons. The number of aromatic nitrogens is 2. The quantitative estimate of drug-likeness (QED) is 0.337. The van der Waals surface area contributed by atoms with Gasteiger partial charge in [0.1, 0.15) is 12.3 Å². The molecule has 1 aromatic rings. The van der Waals surface area contributed by atoms with Gasteiger partial charge in [-0.05, 0) is 0 Å². The monoisotopic (exact) mass is 379 g/mol. The molecule has 0 aliphatic carbocycles. The van der Waals surface area contributed by atoms with Gasteiger partial charge >= 0.3 is 11.7 Å². The van der Waals surface area contributed by atoms with Crippen molar-refractivity contribution in [3.63, 3.8) is 0 Å². The lowest BCUT2D eigenvalue weighted by Crippen LogP contribution is -2.47. The van der Waals surface area contributed by atoms with E-state index in [9.17, 15) is 28.8 Å². The van der Waals surface area contributed by atoms with E-state index in [-0.39, 0.29) is 18.8 Å². The van der Waals surface area contributed by atoms with Crippen molar-refractivity contribution in [3.05, 3.63) is 37.8 Å². The fourth-order valence-corrected chi connectivity index (χ4v) is 2.55. The molecule has 0 radical (unpaired) electrons. The first kappa shape index (κ1) is 19.0. The number of alkyl halides is 1. The van der Waals surface area contributed by atoms with Crippen molar-refractivity contribution in [2.75, 3.05) is 19.0 Å². The van der Waals surface area contributed by atoms with Gasteiger partial charge in [-0.2, -0.15) is 9.40 Å². The number of nitrogens with one attached hydrogen (secondary N) is 2. The number of aliphatic hydroxyl groups is 1. The minimum absolute atomic E-state index is 0.0154. The van der Waals surface area contributed by atoms with Crippen molar-refractivity contribution in [2.24, 2.45) is 5.29 Å². The van der Waals surface area contributed by atoms with Crippen LogP contribution in [-0.2, 0) is 4.74 Å². The minimum Gasteiger partial charge on any atom is -0.394 e. The molecule has 25 heavy (non-hydrogen) atoms. The number of H-pyrrole nitrogens is 1. The lowest BCUT2D eigenvalue weighted by atomic mass is 10.1. The van der Waals surface area contributed by atoms with E-state index < -0.39 is 48.1 Å². The summed E-state index contributed by atoms with van der Waals surface area (Å²) in [5, 5.41) is 14.9. The zero-order valence-corrected chi connectivity index (χ0v) is 13.5. The van der Waals surface area contributed by atoms with Gasteiger partial charge in [0.25, 0.3) is 5.56 Å². The number of carbonyl (C=O) groups excluding carboxylic acids is 1. The Kier molecular flexibility index (Phi) is 6.22. The molecule has 0 saturated carbocycles. The van der Waals surface area contributed by atoms with Crippen LogP contribution >= 0.6 is 11.6 Å². The van der Waals surface area contributed by atoms with Crippen LogP contribution in [0, 0.1) is 10.7 Å². The van der Waals surface area contributed by atoms with Crippen LogP contribution in [0.1, 0.15) is 12.6 Å². The third kappa shape index (κ3) is 4.21. The van der Waals surface area contributed by atoms with Crippen LogP contribution < -0.4 is 16.6 Å². The van der Waals surface area contributed by atoms with Crippen LogP contribution in [0.5, 0.6) is 0 Å². The Balaban J connectivity index is 2.16. The van der Waals surface area contributed by atoms with E-state index in [4.69, 9.17) is 16.3 Å². The Morgan fingerprint density at radius 2 is 2.32 bits per heavy atom. The molecule has 1 saturated heterocycles.